The third-order valence-electron chi connectivity index (χ3n) is 5.83. The number of halogens is 1. The molecular formula is C21H24ClN7O2. The highest BCUT2D eigenvalue weighted by atomic mass is 35.5. The molecule has 0 radical (unpaired) electrons. The van der Waals surface area contributed by atoms with Crippen molar-refractivity contribution in [1.29, 1.82) is 0 Å². The summed E-state index contributed by atoms with van der Waals surface area (Å²) in [5.41, 5.74) is 2.80. The van der Waals surface area contributed by atoms with E-state index in [9.17, 15) is 9.90 Å². The zero-order chi connectivity index (χ0) is 21.7. The quantitative estimate of drug-likeness (QED) is 0.610. The summed E-state index contributed by atoms with van der Waals surface area (Å²) in [4.78, 5) is 18.5. The molecule has 3 aromatic rings. The number of aliphatic hydroxyl groups is 1. The van der Waals surface area contributed by atoms with E-state index in [1.165, 1.54) is 0 Å². The lowest BCUT2D eigenvalue weighted by Gasteiger charge is -2.28. The number of carbonyl (C=O) groups excluding carboxylic acids is 1. The summed E-state index contributed by atoms with van der Waals surface area (Å²) in [6, 6.07) is 5.73. The molecule has 0 saturated heterocycles. The molecule has 9 nitrogen and oxygen atoms in total. The van der Waals surface area contributed by atoms with Gasteiger partial charge in [-0.3, -0.25) is 9.69 Å². The average molecular weight is 442 g/mol. The molecule has 2 atom stereocenters. The van der Waals surface area contributed by atoms with Crippen molar-refractivity contribution in [2.45, 2.75) is 51.5 Å². The van der Waals surface area contributed by atoms with Gasteiger partial charge in [0.1, 0.15) is 18.0 Å². The lowest BCUT2D eigenvalue weighted by molar-refractivity contribution is -0.118. The molecule has 1 aliphatic heterocycles. The Hall–Kier alpha value is -2.75. The summed E-state index contributed by atoms with van der Waals surface area (Å²) in [6.45, 7) is 4.42. The summed E-state index contributed by atoms with van der Waals surface area (Å²) >= 11 is 6.36. The zero-order valence-corrected chi connectivity index (χ0v) is 18.1. The first-order valence-electron chi connectivity index (χ1n) is 10.4. The van der Waals surface area contributed by atoms with E-state index >= 15 is 0 Å². The maximum Gasteiger partial charge on any atom is 0.226 e. The molecule has 1 fully saturated rings. The molecule has 2 unspecified atom stereocenters. The first kappa shape index (κ1) is 20.2. The van der Waals surface area contributed by atoms with Crippen molar-refractivity contribution in [2.24, 2.45) is 5.92 Å². The van der Waals surface area contributed by atoms with Gasteiger partial charge in [-0.1, -0.05) is 30.7 Å². The monoisotopic (exact) mass is 441 g/mol. The number of aromatic nitrogens is 5. The molecule has 0 bridgehead atoms. The highest BCUT2D eigenvalue weighted by molar-refractivity contribution is 6.33. The van der Waals surface area contributed by atoms with Crippen LogP contribution in [0.15, 0.2) is 36.9 Å². The molecule has 162 valence electrons. The van der Waals surface area contributed by atoms with Crippen molar-refractivity contribution in [1.82, 2.24) is 29.4 Å². The highest BCUT2D eigenvalue weighted by Crippen LogP contribution is 2.43. The lowest BCUT2D eigenvalue weighted by atomic mass is 10.2. The number of fused-ring (bicyclic) bond motifs is 1. The van der Waals surface area contributed by atoms with Crippen molar-refractivity contribution < 1.29 is 9.90 Å². The Kier molecular flexibility index (Phi) is 5.04. The average Bonchev–Trinajstić information content (AvgIpc) is 3.14. The molecule has 1 amide bonds. The van der Waals surface area contributed by atoms with Crippen molar-refractivity contribution in [3.63, 3.8) is 0 Å². The van der Waals surface area contributed by atoms with Gasteiger partial charge in [0.25, 0.3) is 0 Å². The van der Waals surface area contributed by atoms with Crippen LogP contribution in [0, 0.1) is 5.92 Å². The van der Waals surface area contributed by atoms with Gasteiger partial charge in [-0.2, -0.15) is 0 Å². The van der Waals surface area contributed by atoms with Crippen LogP contribution in [0.1, 0.15) is 50.3 Å². The number of nitrogens with zero attached hydrogens (tertiary/aromatic N) is 6. The summed E-state index contributed by atoms with van der Waals surface area (Å²) < 4.78 is 3.59. The topological polar surface area (TPSA) is 101 Å². The summed E-state index contributed by atoms with van der Waals surface area (Å²) in [7, 11) is 0. The van der Waals surface area contributed by atoms with E-state index in [0.717, 1.165) is 25.1 Å². The van der Waals surface area contributed by atoms with E-state index in [1.807, 2.05) is 24.6 Å². The molecule has 1 aromatic carbocycles. The first-order chi connectivity index (χ1) is 14.9. The van der Waals surface area contributed by atoms with E-state index in [0.29, 0.717) is 28.1 Å². The number of nitrogens with one attached hydrogen (secondary N) is 1. The molecule has 1 saturated carbocycles. The summed E-state index contributed by atoms with van der Waals surface area (Å²) in [6.07, 6.45) is 6.53. The van der Waals surface area contributed by atoms with Gasteiger partial charge in [-0.15, -0.1) is 5.10 Å². The van der Waals surface area contributed by atoms with E-state index in [1.54, 1.807) is 35.4 Å². The number of carbonyl (C=O) groups is 1. The number of aliphatic hydroxyl groups excluding tert-OH is 1. The van der Waals surface area contributed by atoms with Crippen LogP contribution >= 0.6 is 11.6 Å². The van der Waals surface area contributed by atoms with Gasteiger partial charge in [0.15, 0.2) is 0 Å². The van der Waals surface area contributed by atoms with Crippen LogP contribution in [0.4, 0.5) is 5.69 Å². The Morgan fingerprint density at radius 3 is 2.84 bits per heavy atom. The van der Waals surface area contributed by atoms with Crippen LogP contribution < -0.4 is 5.32 Å². The number of benzene rings is 1. The van der Waals surface area contributed by atoms with Gasteiger partial charge in [0.05, 0.1) is 34.6 Å². The highest BCUT2D eigenvalue weighted by Gasteiger charge is 2.44. The predicted molar refractivity (Wildman–Crippen MR) is 115 cm³/mol. The minimum absolute atomic E-state index is 0.100. The van der Waals surface area contributed by atoms with E-state index < -0.39 is 6.10 Å². The fourth-order valence-corrected chi connectivity index (χ4v) is 4.16. The maximum absolute atomic E-state index is 11.9. The van der Waals surface area contributed by atoms with Crippen LogP contribution in [0.5, 0.6) is 0 Å². The van der Waals surface area contributed by atoms with E-state index in [-0.39, 0.29) is 18.0 Å². The van der Waals surface area contributed by atoms with Gasteiger partial charge in [0.2, 0.25) is 5.91 Å². The SMILES string of the molecule is CC(C)C(=O)Nc1ccc(-n2cc(C(O)C3N(C4CC4)Cc4cncn43)nn2)cc1Cl. The van der Waals surface area contributed by atoms with Crippen molar-refractivity contribution in [3.8, 4) is 5.69 Å². The third-order valence-corrected chi connectivity index (χ3v) is 6.14. The Bertz CT molecular complexity index is 1120. The van der Waals surface area contributed by atoms with Crippen LogP contribution in [0.2, 0.25) is 5.02 Å². The second kappa shape index (κ2) is 7.74. The van der Waals surface area contributed by atoms with Crippen molar-refractivity contribution in [3.05, 3.63) is 53.3 Å². The van der Waals surface area contributed by atoms with Gasteiger partial charge >= 0.3 is 0 Å². The number of imidazole rings is 1. The Balaban J connectivity index is 1.37. The largest absolute Gasteiger partial charge is 0.383 e. The standard InChI is InChI=1S/C21H24ClN7O2/c1-12(2)20(31)24-17-6-5-14(7-16(17)22)29-10-18(25-26-29)19(30)21-27(13-3-4-13)9-15-8-23-11-28(15)21/h5-8,10-13,19,21,30H,3-4,9H2,1-2H3,(H,24,31). The van der Waals surface area contributed by atoms with E-state index in [4.69, 9.17) is 11.6 Å². The molecule has 0 spiro atoms. The van der Waals surface area contributed by atoms with Crippen molar-refractivity contribution in [2.75, 3.05) is 5.32 Å². The molecular weight excluding hydrogens is 418 g/mol. The number of hydrogen-bond donors (Lipinski definition) is 2. The van der Waals surface area contributed by atoms with Gasteiger partial charge in [0, 0.05) is 24.7 Å². The number of rotatable bonds is 6. The van der Waals surface area contributed by atoms with Crippen LogP contribution in [-0.4, -0.2) is 46.5 Å². The second-order valence-electron chi connectivity index (χ2n) is 8.45. The number of anilines is 1. The van der Waals surface area contributed by atoms with Gasteiger partial charge < -0.3 is 15.0 Å². The fourth-order valence-electron chi connectivity index (χ4n) is 3.93. The van der Waals surface area contributed by atoms with Gasteiger partial charge in [-0.05, 0) is 31.0 Å². The molecule has 3 heterocycles. The van der Waals surface area contributed by atoms with Crippen LogP contribution in [0.25, 0.3) is 5.69 Å². The summed E-state index contributed by atoms with van der Waals surface area (Å²) in [5.74, 6) is -0.242. The fraction of sp³-hybridized carbons (Fsp3) is 0.429. The smallest absolute Gasteiger partial charge is 0.226 e. The normalized spacial score (nSPS) is 19.6. The molecule has 1 aliphatic carbocycles. The predicted octanol–water partition coefficient (Wildman–Crippen LogP) is 2.92. The molecule has 2 aromatic heterocycles. The molecule has 31 heavy (non-hydrogen) atoms. The number of hydrogen-bond acceptors (Lipinski definition) is 6. The Morgan fingerprint density at radius 1 is 1.32 bits per heavy atom. The van der Waals surface area contributed by atoms with Crippen molar-refractivity contribution >= 4 is 23.2 Å². The van der Waals surface area contributed by atoms with Crippen LogP contribution in [0.3, 0.4) is 0 Å². The molecule has 2 aliphatic rings. The van der Waals surface area contributed by atoms with E-state index in [2.05, 4.69) is 25.5 Å². The number of amides is 1. The van der Waals surface area contributed by atoms with Crippen LogP contribution in [-0.2, 0) is 11.3 Å². The maximum atomic E-state index is 11.9. The van der Waals surface area contributed by atoms with Gasteiger partial charge in [-0.25, -0.2) is 9.67 Å². The molecule has 2 N–H and O–H groups in total. The minimum atomic E-state index is -0.843. The minimum Gasteiger partial charge on any atom is -0.383 e. The Labute approximate surface area is 184 Å². The zero-order valence-electron chi connectivity index (χ0n) is 17.3. The third kappa shape index (κ3) is 3.73. The lowest BCUT2D eigenvalue weighted by Crippen LogP contribution is -2.31. The Morgan fingerprint density at radius 2 is 2.13 bits per heavy atom. The first-order valence-corrected chi connectivity index (χ1v) is 10.8. The summed E-state index contributed by atoms with van der Waals surface area (Å²) in [5, 5.41) is 22.8. The molecule has 10 heteroatoms. The second-order valence-corrected chi connectivity index (χ2v) is 8.86. The molecule has 5 rings (SSSR count).